The highest BCUT2D eigenvalue weighted by Gasteiger charge is 2.09. The summed E-state index contributed by atoms with van der Waals surface area (Å²) in [6.45, 7) is 4.84. The molecular weight excluding hydrogens is 238 g/mol. The molecule has 0 fully saturated rings. The average Bonchev–Trinajstić information content (AvgIpc) is 2.29. The number of nitrogens with one attached hydrogen (secondary N) is 1. The summed E-state index contributed by atoms with van der Waals surface area (Å²) in [5.41, 5.74) is 1.04. The zero-order valence-corrected chi connectivity index (χ0v) is 11.0. The van der Waals surface area contributed by atoms with Crippen LogP contribution in [0.3, 0.4) is 0 Å². The Morgan fingerprint density at radius 3 is 2.82 bits per heavy atom. The van der Waals surface area contributed by atoms with E-state index < -0.39 is 0 Å². The SMILES string of the molecule is CCOC(=O)CCNC(C)c1ccccc1Cl. The fraction of sp³-hybridized carbons (Fsp3) is 0.462. The van der Waals surface area contributed by atoms with Gasteiger partial charge < -0.3 is 10.1 Å². The number of halogens is 1. The fourth-order valence-electron chi connectivity index (χ4n) is 1.56. The monoisotopic (exact) mass is 255 g/mol. The Kier molecular flexibility index (Phi) is 6.01. The van der Waals surface area contributed by atoms with Crippen molar-refractivity contribution in [3.05, 3.63) is 34.9 Å². The van der Waals surface area contributed by atoms with Crippen LogP contribution in [0.2, 0.25) is 5.02 Å². The Hall–Kier alpha value is -1.06. The molecular formula is C13H18ClNO2. The lowest BCUT2D eigenvalue weighted by Crippen LogP contribution is -2.22. The topological polar surface area (TPSA) is 38.3 Å². The zero-order valence-electron chi connectivity index (χ0n) is 10.2. The number of rotatable bonds is 6. The van der Waals surface area contributed by atoms with Crippen LogP contribution in [0.15, 0.2) is 24.3 Å². The summed E-state index contributed by atoms with van der Waals surface area (Å²) >= 11 is 6.08. The van der Waals surface area contributed by atoms with Crippen molar-refractivity contribution in [1.82, 2.24) is 5.32 Å². The summed E-state index contributed by atoms with van der Waals surface area (Å²) in [5, 5.41) is 3.98. The van der Waals surface area contributed by atoms with Gasteiger partial charge in [-0.2, -0.15) is 0 Å². The van der Waals surface area contributed by atoms with Gasteiger partial charge in [-0.15, -0.1) is 0 Å². The average molecular weight is 256 g/mol. The Balaban J connectivity index is 2.38. The molecule has 4 heteroatoms. The van der Waals surface area contributed by atoms with E-state index in [0.29, 0.717) is 19.6 Å². The van der Waals surface area contributed by atoms with Crippen molar-refractivity contribution in [2.75, 3.05) is 13.2 Å². The number of hydrogen-bond donors (Lipinski definition) is 1. The second-order valence-corrected chi connectivity index (χ2v) is 4.16. The second-order valence-electron chi connectivity index (χ2n) is 3.75. The predicted octanol–water partition coefficient (Wildman–Crippen LogP) is 2.94. The number of carbonyl (C=O) groups excluding carboxylic acids is 1. The first kappa shape index (κ1) is 14.0. The summed E-state index contributed by atoms with van der Waals surface area (Å²) in [6.07, 6.45) is 0.378. The van der Waals surface area contributed by atoms with Gasteiger partial charge >= 0.3 is 5.97 Å². The van der Waals surface area contributed by atoms with Crippen LogP contribution in [0, 0.1) is 0 Å². The van der Waals surface area contributed by atoms with E-state index in [9.17, 15) is 4.79 Å². The van der Waals surface area contributed by atoms with Crippen LogP contribution in [-0.4, -0.2) is 19.1 Å². The lowest BCUT2D eigenvalue weighted by atomic mass is 10.1. The van der Waals surface area contributed by atoms with Crippen molar-refractivity contribution in [2.24, 2.45) is 0 Å². The molecule has 0 aliphatic rings. The van der Waals surface area contributed by atoms with Crippen molar-refractivity contribution in [1.29, 1.82) is 0 Å². The van der Waals surface area contributed by atoms with Crippen molar-refractivity contribution in [2.45, 2.75) is 26.3 Å². The van der Waals surface area contributed by atoms with Crippen molar-refractivity contribution in [3.63, 3.8) is 0 Å². The number of hydrogen-bond acceptors (Lipinski definition) is 3. The van der Waals surface area contributed by atoms with Crippen molar-refractivity contribution >= 4 is 17.6 Å². The van der Waals surface area contributed by atoms with E-state index >= 15 is 0 Å². The number of ether oxygens (including phenoxy) is 1. The maximum atomic E-state index is 11.1. The smallest absolute Gasteiger partial charge is 0.307 e. The van der Waals surface area contributed by atoms with Gasteiger partial charge in [0.05, 0.1) is 13.0 Å². The third-order valence-corrected chi connectivity index (χ3v) is 2.80. The van der Waals surface area contributed by atoms with Gasteiger partial charge in [0.2, 0.25) is 0 Å². The van der Waals surface area contributed by atoms with E-state index in [4.69, 9.17) is 16.3 Å². The predicted molar refractivity (Wildman–Crippen MR) is 69.1 cm³/mol. The molecule has 1 rings (SSSR count). The van der Waals surface area contributed by atoms with E-state index in [0.717, 1.165) is 10.6 Å². The minimum Gasteiger partial charge on any atom is -0.466 e. The highest BCUT2D eigenvalue weighted by molar-refractivity contribution is 6.31. The Morgan fingerprint density at radius 1 is 1.47 bits per heavy atom. The van der Waals surface area contributed by atoms with Crippen LogP contribution < -0.4 is 5.32 Å². The molecule has 0 saturated carbocycles. The van der Waals surface area contributed by atoms with Gasteiger partial charge in [0.15, 0.2) is 0 Å². The normalized spacial score (nSPS) is 12.2. The molecule has 94 valence electrons. The van der Waals surface area contributed by atoms with Gasteiger partial charge in [-0.3, -0.25) is 4.79 Å². The van der Waals surface area contributed by atoms with Gasteiger partial charge in [0.25, 0.3) is 0 Å². The first-order valence-corrected chi connectivity index (χ1v) is 6.16. The molecule has 0 saturated heterocycles. The Labute approximate surface area is 107 Å². The van der Waals surface area contributed by atoms with Crippen LogP contribution in [0.1, 0.15) is 31.9 Å². The van der Waals surface area contributed by atoms with Gasteiger partial charge in [-0.25, -0.2) is 0 Å². The molecule has 1 aromatic carbocycles. The minimum absolute atomic E-state index is 0.123. The lowest BCUT2D eigenvalue weighted by molar-refractivity contribution is -0.142. The summed E-state index contributed by atoms with van der Waals surface area (Å²) in [7, 11) is 0. The fourth-order valence-corrected chi connectivity index (χ4v) is 1.86. The van der Waals surface area contributed by atoms with Gasteiger partial charge in [0.1, 0.15) is 0 Å². The van der Waals surface area contributed by atoms with Gasteiger partial charge in [-0.05, 0) is 25.5 Å². The minimum atomic E-state index is -0.175. The maximum Gasteiger partial charge on any atom is 0.307 e. The highest BCUT2D eigenvalue weighted by atomic mass is 35.5. The van der Waals surface area contributed by atoms with E-state index in [1.165, 1.54) is 0 Å². The molecule has 1 atom stereocenters. The lowest BCUT2D eigenvalue weighted by Gasteiger charge is -2.15. The third-order valence-electron chi connectivity index (χ3n) is 2.46. The quantitative estimate of drug-likeness (QED) is 0.795. The maximum absolute atomic E-state index is 11.1. The van der Waals surface area contributed by atoms with Crippen LogP contribution in [-0.2, 0) is 9.53 Å². The van der Waals surface area contributed by atoms with Gasteiger partial charge in [0, 0.05) is 17.6 Å². The van der Waals surface area contributed by atoms with Crippen LogP contribution >= 0.6 is 11.6 Å². The Morgan fingerprint density at radius 2 is 2.18 bits per heavy atom. The molecule has 1 unspecified atom stereocenters. The van der Waals surface area contributed by atoms with E-state index in [2.05, 4.69) is 5.32 Å². The summed E-state index contributed by atoms with van der Waals surface area (Å²) < 4.78 is 4.85. The molecule has 1 N–H and O–H groups in total. The number of esters is 1. The molecule has 0 aliphatic heterocycles. The molecule has 0 aliphatic carbocycles. The van der Waals surface area contributed by atoms with Crippen LogP contribution in [0.25, 0.3) is 0 Å². The second kappa shape index (κ2) is 7.30. The standard InChI is InChI=1S/C13H18ClNO2/c1-3-17-13(16)8-9-15-10(2)11-6-4-5-7-12(11)14/h4-7,10,15H,3,8-9H2,1-2H3. The zero-order chi connectivity index (χ0) is 12.7. The van der Waals surface area contributed by atoms with E-state index in [1.54, 1.807) is 6.92 Å². The first-order chi connectivity index (χ1) is 8.15. The number of carbonyl (C=O) groups is 1. The van der Waals surface area contributed by atoms with E-state index in [-0.39, 0.29) is 12.0 Å². The summed E-state index contributed by atoms with van der Waals surface area (Å²) in [5.74, 6) is -0.175. The largest absolute Gasteiger partial charge is 0.466 e. The number of benzene rings is 1. The van der Waals surface area contributed by atoms with Gasteiger partial charge in [-0.1, -0.05) is 29.8 Å². The first-order valence-electron chi connectivity index (χ1n) is 5.78. The molecule has 0 spiro atoms. The molecule has 0 aromatic heterocycles. The molecule has 0 amide bonds. The van der Waals surface area contributed by atoms with Crippen molar-refractivity contribution in [3.8, 4) is 0 Å². The molecule has 0 radical (unpaired) electrons. The van der Waals surface area contributed by atoms with Crippen LogP contribution in [0.4, 0.5) is 0 Å². The molecule has 17 heavy (non-hydrogen) atoms. The molecule has 1 aromatic rings. The van der Waals surface area contributed by atoms with Crippen molar-refractivity contribution < 1.29 is 9.53 Å². The third kappa shape index (κ3) is 4.75. The molecule has 0 heterocycles. The molecule has 3 nitrogen and oxygen atoms in total. The summed E-state index contributed by atoms with van der Waals surface area (Å²) in [4.78, 5) is 11.1. The molecule has 0 bridgehead atoms. The van der Waals surface area contributed by atoms with E-state index in [1.807, 2.05) is 31.2 Å². The Bertz CT molecular complexity index is 368. The van der Waals surface area contributed by atoms with Crippen LogP contribution in [0.5, 0.6) is 0 Å². The highest BCUT2D eigenvalue weighted by Crippen LogP contribution is 2.21. The summed E-state index contributed by atoms with van der Waals surface area (Å²) in [6, 6.07) is 7.81.